The predicted octanol–water partition coefficient (Wildman–Crippen LogP) is 2.01. The summed E-state index contributed by atoms with van der Waals surface area (Å²) in [6.07, 6.45) is 1.95. The maximum Gasteiger partial charge on any atom is 0.240 e. The van der Waals surface area contributed by atoms with Crippen molar-refractivity contribution in [2.75, 3.05) is 19.6 Å². The highest BCUT2D eigenvalue weighted by Gasteiger charge is 2.28. The molecule has 19 heavy (non-hydrogen) atoms. The highest BCUT2D eigenvalue weighted by Crippen LogP contribution is 2.27. The molecule has 0 radical (unpaired) electrons. The number of sulfonamides is 1. The molecule has 2 N–H and O–H groups in total. The average molecular weight is 303 g/mol. The zero-order valence-corrected chi connectivity index (χ0v) is 12.5. The summed E-state index contributed by atoms with van der Waals surface area (Å²) in [6, 6.07) is 6.32. The normalized spacial score (nSPS) is 19.3. The highest BCUT2D eigenvalue weighted by atomic mass is 35.5. The van der Waals surface area contributed by atoms with E-state index in [0.717, 1.165) is 25.9 Å². The molecule has 6 heteroatoms. The Hall–Kier alpha value is -0.620. The maximum atomic E-state index is 12.2. The summed E-state index contributed by atoms with van der Waals surface area (Å²) in [5, 5.41) is 3.71. The second-order valence-corrected chi connectivity index (χ2v) is 7.55. The van der Waals surface area contributed by atoms with Gasteiger partial charge in [0.1, 0.15) is 0 Å². The van der Waals surface area contributed by atoms with Gasteiger partial charge in [0.05, 0.1) is 4.90 Å². The Morgan fingerprint density at radius 2 is 2.05 bits per heavy atom. The summed E-state index contributed by atoms with van der Waals surface area (Å²) < 4.78 is 27.1. The van der Waals surface area contributed by atoms with Crippen LogP contribution < -0.4 is 10.0 Å². The third-order valence-electron chi connectivity index (χ3n) is 3.61. The first kappa shape index (κ1) is 14.8. The number of rotatable bonds is 4. The minimum absolute atomic E-state index is 0.0247. The van der Waals surface area contributed by atoms with Crippen LogP contribution in [0, 0.1) is 5.41 Å². The maximum absolute atomic E-state index is 12.2. The van der Waals surface area contributed by atoms with E-state index in [2.05, 4.69) is 17.0 Å². The minimum Gasteiger partial charge on any atom is -0.317 e. The quantitative estimate of drug-likeness (QED) is 0.894. The Bertz CT molecular complexity index is 539. The lowest BCUT2D eigenvalue weighted by atomic mass is 9.81. The van der Waals surface area contributed by atoms with Crippen molar-refractivity contribution < 1.29 is 8.42 Å². The van der Waals surface area contributed by atoms with Crippen molar-refractivity contribution in [3.63, 3.8) is 0 Å². The summed E-state index contributed by atoms with van der Waals surface area (Å²) >= 11 is 5.83. The van der Waals surface area contributed by atoms with Gasteiger partial charge in [-0.15, -0.1) is 0 Å². The molecule has 0 amide bonds. The summed E-state index contributed by atoms with van der Waals surface area (Å²) in [7, 11) is -3.48. The van der Waals surface area contributed by atoms with Gasteiger partial charge in [0.15, 0.2) is 0 Å². The molecule has 1 aliphatic heterocycles. The van der Waals surface area contributed by atoms with Crippen molar-refractivity contribution in [1.29, 1.82) is 0 Å². The molecule has 0 bridgehead atoms. The van der Waals surface area contributed by atoms with Crippen LogP contribution in [0.4, 0.5) is 0 Å². The van der Waals surface area contributed by atoms with Crippen molar-refractivity contribution in [2.45, 2.75) is 24.7 Å². The fourth-order valence-electron chi connectivity index (χ4n) is 2.19. The number of benzene rings is 1. The zero-order valence-electron chi connectivity index (χ0n) is 10.9. The molecule has 0 aliphatic carbocycles. The standard InChI is InChI=1S/C13H19ClN2O2S/c1-13(5-7-15-8-6-13)10-16-19(17,18)12-4-2-3-11(14)9-12/h2-4,9,15-16H,5-8,10H2,1H3. The van der Waals surface area contributed by atoms with E-state index in [1.807, 2.05) is 0 Å². The van der Waals surface area contributed by atoms with Crippen LogP contribution >= 0.6 is 11.6 Å². The molecule has 2 rings (SSSR count). The summed E-state index contributed by atoms with van der Waals surface area (Å²) in [4.78, 5) is 0.220. The minimum atomic E-state index is -3.48. The summed E-state index contributed by atoms with van der Waals surface area (Å²) in [5.74, 6) is 0. The van der Waals surface area contributed by atoms with E-state index >= 15 is 0 Å². The Morgan fingerprint density at radius 1 is 1.37 bits per heavy atom. The lowest BCUT2D eigenvalue weighted by Crippen LogP contribution is -2.42. The molecule has 1 saturated heterocycles. The molecule has 1 aromatic rings. The Labute approximate surface area is 119 Å². The van der Waals surface area contributed by atoms with Gasteiger partial charge in [-0.05, 0) is 49.5 Å². The van der Waals surface area contributed by atoms with Crippen molar-refractivity contribution in [3.05, 3.63) is 29.3 Å². The van der Waals surface area contributed by atoms with Gasteiger partial charge in [-0.1, -0.05) is 24.6 Å². The number of halogens is 1. The largest absolute Gasteiger partial charge is 0.317 e. The average Bonchev–Trinajstić information content (AvgIpc) is 2.38. The fourth-order valence-corrected chi connectivity index (χ4v) is 3.69. The molecule has 4 nitrogen and oxygen atoms in total. The van der Waals surface area contributed by atoms with Crippen LogP contribution in [0.3, 0.4) is 0 Å². The first-order chi connectivity index (χ1) is 8.91. The summed E-state index contributed by atoms with van der Waals surface area (Å²) in [5.41, 5.74) is 0.0247. The SMILES string of the molecule is CC1(CNS(=O)(=O)c2cccc(Cl)c2)CCNCC1. The van der Waals surface area contributed by atoms with Gasteiger partial charge >= 0.3 is 0 Å². The fraction of sp³-hybridized carbons (Fsp3) is 0.538. The monoisotopic (exact) mass is 302 g/mol. The van der Waals surface area contributed by atoms with E-state index in [9.17, 15) is 8.42 Å². The van der Waals surface area contributed by atoms with Crippen LogP contribution in [0.5, 0.6) is 0 Å². The van der Waals surface area contributed by atoms with Gasteiger partial charge in [0.25, 0.3) is 0 Å². The third-order valence-corrected chi connectivity index (χ3v) is 5.24. The smallest absolute Gasteiger partial charge is 0.240 e. The third kappa shape index (κ3) is 3.92. The van der Waals surface area contributed by atoms with Crippen LogP contribution in [0.1, 0.15) is 19.8 Å². The second kappa shape index (κ2) is 5.79. The molecule has 0 unspecified atom stereocenters. The molecular weight excluding hydrogens is 284 g/mol. The Kier molecular flexibility index (Phi) is 4.50. The van der Waals surface area contributed by atoms with E-state index in [4.69, 9.17) is 11.6 Å². The van der Waals surface area contributed by atoms with Crippen LogP contribution in [0.15, 0.2) is 29.2 Å². The van der Waals surface area contributed by atoms with Crippen LogP contribution in [0.25, 0.3) is 0 Å². The number of hydrogen-bond donors (Lipinski definition) is 2. The van der Waals surface area contributed by atoms with E-state index < -0.39 is 10.0 Å². The number of hydrogen-bond acceptors (Lipinski definition) is 3. The first-order valence-electron chi connectivity index (χ1n) is 6.37. The molecule has 106 valence electrons. The number of nitrogens with one attached hydrogen (secondary N) is 2. The highest BCUT2D eigenvalue weighted by molar-refractivity contribution is 7.89. The molecule has 1 aromatic carbocycles. The van der Waals surface area contributed by atoms with Crippen LogP contribution in [-0.4, -0.2) is 28.1 Å². The van der Waals surface area contributed by atoms with Gasteiger partial charge < -0.3 is 5.32 Å². The van der Waals surface area contributed by atoms with Crippen molar-refractivity contribution >= 4 is 21.6 Å². The van der Waals surface area contributed by atoms with Crippen molar-refractivity contribution in [3.8, 4) is 0 Å². The first-order valence-corrected chi connectivity index (χ1v) is 8.23. The molecule has 1 fully saturated rings. The van der Waals surface area contributed by atoms with E-state index in [1.54, 1.807) is 18.2 Å². The van der Waals surface area contributed by atoms with E-state index in [-0.39, 0.29) is 10.3 Å². The van der Waals surface area contributed by atoms with Gasteiger partial charge in [-0.3, -0.25) is 0 Å². The molecular formula is C13H19ClN2O2S. The second-order valence-electron chi connectivity index (χ2n) is 5.34. The van der Waals surface area contributed by atoms with Crippen LogP contribution in [0.2, 0.25) is 5.02 Å². The molecule has 0 atom stereocenters. The van der Waals surface area contributed by atoms with Gasteiger partial charge in [0, 0.05) is 11.6 Å². The Morgan fingerprint density at radius 3 is 2.68 bits per heavy atom. The molecule has 1 heterocycles. The van der Waals surface area contributed by atoms with Crippen molar-refractivity contribution in [1.82, 2.24) is 10.0 Å². The molecule has 0 saturated carbocycles. The van der Waals surface area contributed by atoms with Crippen molar-refractivity contribution in [2.24, 2.45) is 5.41 Å². The number of piperidine rings is 1. The molecule has 0 aromatic heterocycles. The van der Waals surface area contributed by atoms with Gasteiger partial charge in [-0.2, -0.15) is 0 Å². The lowest BCUT2D eigenvalue weighted by Gasteiger charge is -2.34. The van der Waals surface area contributed by atoms with Gasteiger partial charge in [0.2, 0.25) is 10.0 Å². The van der Waals surface area contributed by atoms with E-state index in [0.29, 0.717) is 11.6 Å². The topological polar surface area (TPSA) is 58.2 Å². The van der Waals surface area contributed by atoms with Gasteiger partial charge in [-0.25, -0.2) is 13.1 Å². The zero-order chi connectivity index (χ0) is 13.9. The molecule has 1 aliphatic rings. The van der Waals surface area contributed by atoms with Crippen LogP contribution in [-0.2, 0) is 10.0 Å². The lowest BCUT2D eigenvalue weighted by molar-refractivity contribution is 0.232. The Balaban J connectivity index is 2.05. The molecule has 0 spiro atoms. The predicted molar refractivity (Wildman–Crippen MR) is 76.9 cm³/mol. The van der Waals surface area contributed by atoms with E-state index in [1.165, 1.54) is 6.07 Å². The summed E-state index contributed by atoms with van der Waals surface area (Å²) in [6.45, 7) is 4.46.